The number of hydrogen-bond acceptors (Lipinski definition) is 3. The summed E-state index contributed by atoms with van der Waals surface area (Å²) < 4.78 is 0.965. The molecule has 4 heteroatoms. The van der Waals surface area contributed by atoms with Crippen LogP contribution in [0, 0.1) is 17.2 Å². The second-order valence-corrected chi connectivity index (χ2v) is 5.39. The molecule has 17 heavy (non-hydrogen) atoms. The quantitative estimate of drug-likeness (QED) is 0.911. The summed E-state index contributed by atoms with van der Waals surface area (Å²) in [7, 11) is 0. The molecule has 90 valence electrons. The zero-order valence-electron chi connectivity index (χ0n) is 9.69. The first-order chi connectivity index (χ1) is 8.22. The number of nitriles is 1. The highest BCUT2D eigenvalue weighted by Crippen LogP contribution is 2.26. The van der Waals surface area contributed by atoms with E-state index in [0.717, 1.165) is 42.6 Å². The van der Waals surface area contributed by atoms with E-state index in [4.69, 9.17) is 11.0 Å². The van der Waals surface area contributed by atoms with Crippen LogP contribution in [-0.4, -0.2) is 19.6 Å². The third-order valence-electron chi connectivity index (χ3n) is 3.32. The van der Waals surface area contributed by atoms with Gasteiger partial charge >= 0.3 is 0 Å². The molecule has 2 N–H and O–H groups in total. The van der Waals surface area contributed by atoms with Gasteiger partial charge in [-0.3, -0.25) is 0 Å². The van der Waals surface area contributed by atoms with Crippen LogP contribution in [0.25, 0.3) is 0 Å². The number of benzene rings is 1. The van der Waals surface area contributed by atoms with Crippen molar-refractivity contribution in [1.82, 2.24) is 0 Å². The number of rotatable bonds is 2. The standard InChI is InChI=1S/C13H16BrN3/c14-12-5-11(9-16)6-13(7-12)17-3-1-10(8-15)2-4-17/h5-7,10H,1-4,8,15H2. The summed E-state index contributed by atoms with van der Waals surface area (Å²) >= 11 is 3.45. The van der Waals surface area contributed by atoms with E-state index < -0.39 is 0 Å². The summed E-state index contributed by atoms with van der Waals surface area (Å²) in [5, 5.41) is 8.96. The first kappa shape index (κ1) is 12.4. The van der Waals surface area contributed by atoms with E-state index in [1.54, 1.807) is 0 Å². The van der Waals surface area contributed by atoms with Crippen molar-refractivity contribution < 1.29 is 0 Å². The van der Waals surface area contributed by atoms with Crippen LogP contribution in [0.1, 0.15) is 18.4 Å². The third-order valence-corrected chi connectivity index (χ3v) is 3.78. The molecule has 1 aliphatic rings. The predicted octanol–water partition coefficient (Wildman–Crippen LogP) is 2.50. The van der Waals surface area contributed by atoms with Crippen molar-refractivity contribution >= 4 is 21.6 Å². The predicted molar refractivity (Wildman–Crippen MR) is 72.8 cm³/mol. The molecule has 1 aromatic rings. The molecule has 0 spiro atoms. The number of anilines is 1. The molecule has 0 aliphatic carbocycles. The van der Waals surface area contributed by atoms with Crippen LogP contribution in [-0.2, 0) is 0 Å². The van der Waals surface area contributed by atoms with Crippen molar-refractivity contribution in [2.45, 2.75) is 12.8 Å². The SMILES string of the molecule is N#Cc1cc(Br)cc(N2CCC(CN)CC2)c1. The zero-order chi connectivity index (χ0) is 12.3. The molecule has 1 saturated heterocycles. The minimum absolute atomic E-state index is 0.661. The average Bonchev–Trinajstić information content (AvgIpc) is 2.38. The largest absolute Gasteiger partial charge is 0.371 e. The van der Waals surface area contributed by atoms with Crippen LogP contribution in [0.5, 0.6) is 0 Å². The Balaban J connectivity index is 2.13. The Bertz CT molecular complexity index is 431. The molecular weight excluding hydrogens is 278 g/mol. The van der Waals surface area contributed by atoms with Crippen LogP contribution in [0.15, 0.2) is 22.7 Å². The Morgan fingerprint density at radius 1 is 1.35 bits per heavy atom. The van der Waals surface area contributed by atoms with E-state index >= 15 is 0 Å². The number of nitrogens with zero attached hydrogens (tertiary/aromatic N) is 2. The minimum atomic E-state index is 0.661. The Kier molecular flexibility index (Phi) is 4.03. The molecule has 0 aromatic heterocycles. The normalized spacial score (nSPS) is 16.9. The zero-order valence-corrected chi connectivity index (χ0v) is 11.3. The molecule has 3 nitrogen and oxygen atoms in total. The van der Waals surface area contributed by atoms with Gasteiger partial charge in [0.15, 0.2) is 0 Å². The Morgan fingerprint density at radius 3 is 2.65 bits per heavy atom. The first-order valence-electron chi connectivity index (χ1n) is 5.88. The van der Waals surface area contributed by atoms with Gasteiger partial charge in [-0.25, -0.2) is 0 Å². The molecule has 0 radical (unpaired) electrons. The lowest BCUT2D eigenvalue weighted by Crippen LogP contribution is -2.36. The van der Waals surface area contributed by atoms with Gasteiger partial charge in [0.1, 0.15) is 0 Å². The smallest absolute Gasteiger partial charge is 0.0992 e. The van der Waals surface area contributed by atoms with E-state index in [-0.39, 0.29) is 0 Å². The summed E-state index contributed by atoms with van der Waals surface area (Å²) in [6.45, 7) is 2.85. The Hall–Kier alpha value is -1.05. The van der Waals surface area contributed by atoms with Crippen molar-refractivity contribution in [1.29, 1.82) is 5.26 Å². The Labute approximate surface area is 110 Å². The number of hydrogen-bond donors (Lipinski definition) is 1. The van der Waals surface area contributed by atoms with Gasteiger partial charge in [0.2, 0.25) is 0 Å². The fourth-order valence-corrected chi connectivity index (χ4v) is 2.73. The highest BCUT2D eigenvalue weighted by Gasteiger charge is 2.18. The average molecular weight is 294 g/mol. The molecule has 0 amide bonds. The second-order valence-electron chi connectivity index (χ2n) is 4.48. The van der Waals surface area contributed by atoms with Crippen LogP contribution in [0.4, 0.5) is 5.69 Å². The Morgan fingerprint density at radius 2 is 2.06 bits per heavy atom. The van der Waals surface area contributed by atoms with Crippen LogP contribution >= 0.6 is 15.9 Å². The van der Waals surface area contributed by atoms with Gasteiger partial charge < -0.3 is 10.6 Å². The molecule has 1 aromatic carbocycles. The van der Waals surface area contributed by atoms with E-state index in [2.05, 4.69) is 33.0 Å². The summed E-state index contributed by atoms with van der Waals surface area (Å²) in [6.07, 6.45) is 2.29. The van der Waals surface area contributed by atoms with Crippen molar-refractivity contribution in [3.63, 3.8) is 0 Å². The van der Waals surface area contributed by atoms with Gasteiger partial charge in [-0.15, -0.1) is 0 Å². The lowest BCUT2D eigenvalue weighted by atomic mass is 9.96. The van der Waals surface area contributed by atoms with Gasteiger partial charge in [-0.1, -0.05) is 15.9 Å². The van der Waals surface area contributed by atoms with Gasteiger partial charge in [0, 0.05) is 23.2 Å². The number of nitrogens with two attached hydrogens (primary N) is 1. The highest BCUT2D eigenvalue weighted by molar-refractivity contribution is 9.10. The third kappa shape index (κ3) is 2.99. The number of piperidine rings is 1. The molecule has 0 saturated carbocycles. The summed E-state index contributed by atoms with van der Waals surface area (Å²) in [4.78, 5) is 2.33. The van der Waals surface area contributed by atoms with Gasteiger partial charge in [-0.05, 0) is 43.5 Å². The molecular formula is C13H16BrN3. The lowest BCUT2D eigenvalue weighted by Gasteiger charge is -2.33. The van der Waals surface area contributed by atoms with E-state index in [0.29, 0.717) is 11.5 Å². The van der Waals surface area contributed by atoms with Gasteiger partial charge in [0.25, 0.3) is 0 Å². The topological polar surface area (TPSA) is 53.0 Å². The van der Waals surface area contributed by atoms with Gasteiger partial charge in [0.05, 0.1) is 11.6 Å². The summed E-state index contributed by atoms with van der Waals surface area (Å²) in [5.41, 5.74) is 7.52. The lowest BCUT2D eigenvalue weighted by molar-refractivity contribution is 0.414. The van der Waals surface area contributed by atoms with E-state index in [1.807, 2.05) is 12.1 Å². The maximum absolute atomic E-state index is 8.96. The van der Waals surface area contributed by atoms with Crippen molar-refractivity contribution in [2.24, 2.45) is 11.7 Å². The van der Waals surface area contributed by atoms with E-state index in [1.165, 1.54) is 0 Å². The molecule has 2 rings (SSSR count). The van der Waals surface area contributed by atoms with Crippen molar-refractivity contribution in [2.75, 3.05) is 24.5 Å². The maximum Gasteiger partial charge on any atom is 0.0992 e. The van der Waals surface area contributed by atoms with Crippen molar-refractivity contribution in [3.8, 4) is 6.07 Å². The highest BCUT2D eigenvalue weighted by atomic mass is 79.9. The second kappa shape index (κ2) is 5.52. The first-order valence-corrected chi connectivity index (χ1v) is 6.68. The summed E-state index contributed by atoms with van der Waals surface area (Å²) in [6, 6.07) is 8.06. The molecule has 1 heterocycles. The minimum Gasteiger partial charge on any atom is -0.371 e. The molecule has 0 bridgehead atoms. The van der Waals surface area contributed by atoms with Crippen LogP contribution in [0.3, 0.4) is 0 Å². The molecule has 1 aliphatic heterocycles. The molecule has 0 unspecified atom stereocenters. The van der Waals surface area contributed by atoms with Crippen LogP contribution < -0.4 is 10.6 Å². The fraction of sp³-hybridized carbons (Fsp3) is 0.462. The van der Waals surface area contributed by atoms with Crippen molar-refractivity contribution in [3.05, 3.63) is 28.2 Å². The molecule has 0 atom stereocenters. The maximum atomic E-state index is 8.96. The fourth-order valence-electron chi connectivity index (χ4n) is 2.25. The summed E-state index contributed by atoms with van der Waals surface area (Å²) in [5.74, 6) is 0.661. The van der Waals surface area contributed by atoms with Crippen LogP contribution in [0.2, 0.25) is 0 Å². The number of halogens is 1. The monoisotopic (exact) mass is 293 g/mol. The van der Waals surface area contributed by atoms with Gasteiger partial charge in [-0.2, -0.15) is 5.26 Å². The van der Waals surface area contributed by atoms with E-state index in [9.17, 15) is 0 Å². The molecule has 1 fully saturated rings.